The highest BCUT2D eigenvalue weighted by Gasteiger charge is 2.16. The van der Waals surface area contributed by atoms with Gasteiger partial charge in [-0.25, -0.2) is 4.79 Å². The third kappa shape index (κ3) is 5.58. The maximum Gasteiger partial charge on any atom is 0.344 e. The predicted octanol–water partition coefficient (Wildman–Crippen LogP) is 3.13. The van der Waals surface area contributed by atoms with E-state index in [1.807, 2.05) is 0 Å². The third-order valence-corrected chi connectivity index (χ3v) is 3.93. The van der Waals surface area contributed by atoms with Gasteiger partial charge in [0.05, 0.1) is 17.7 Å². The number of nitro groups is 1. The number of aryl methyl sites for hydroxylation is 1. The molecular formula is C18H17ClN2O7. The Morgan fingerprint density at radius 1 is 1.18 bits per heavy atom. The van der Waals surface area contributed by atoms with Crippen LogP contribution in [0.5, 0.6) is 11.5 Å². The maximum atomic E-state index is 12.0. The standard InChI is InChI=1S/C18H17ClN2O7/c1-11-7-13(16(26-2)8-12(11)19)20-17(22)9-28-18(23)10-27-15-6-4-3-5-14(15)21(24)25/h3-8H,9-10H2,1-2H3,(H,20,22). The van der Waals surface area contributed by atoms with E-state index in [2.05, 4.69) is 5.32 Å². The first-order valence-electron chi connectivity index (χ1n) is 7.97. The summed E-state index contributed by atoms with van der Waals surface area (Å²) in [6.45, 7) is 0.614. The minimum absolute atomic E-state index is 0.0738. The number of halogens is 1. The summed E-state index contributed by atoms with van der Waals surface area (Å²) in [7, 11) is 1.43. The number of hydrogen-bond donors (Lipinski definition) is 1. The van der Waals surface area contributed by atoms with Gasteiger partial charge in [-0.1, -0.05) is 23.7 Å². The molecule has 10 heteroatoms. The first-order chi connectivity index (χ1) is 13.3. The Kier molecular flexibility index (Phi) is 7.16. The molecule has 0 aliphatic rings. The van der Waals surface area contributed by atoms with Crippen LogP contribution in [0, 0.1) is 17.0 Å². The molecule has 2 aromatic carbocycles. The normalized spacial score (nSPS) is 10.1. The Hall–Kier alpha value is -3.33. The van der Waals surface area contributed by atoms with Crippen LogP contribution in [0.2, 0.25) is 5.02 Å². The molecule has 0 aromatic heterocycles. The molecule has 0 saturated carbocycles. The molecule has 9 nitrogen and oxygen atoms in total. The number of nitrogens with one attached hydrogen (secondary N) is 1. The van der Waals surface area contributed by atoms with Gasteiger partial charge in [-0.2, -0.15) is 0 Å². The minimum Gasteiger partial charge on any atom is -0.495 e. The Balaban J connectivity index is 1.87. The number of nitro benzene ring substituents is 1. The van der Waals surface area contributed by atoms with Crippen LogP contribution in [0.15, 0.2) is 36.4 Å². The van der Waals surface area contributed by atoms with Crippen molar-refractivity contribution in [3.63, 3.8) is 0 Å². The lowest BCUT2D eigenvalue weighted by molar-refractivity contribution is -0.385. The minimum atomic E-state index is -0.854. The van der Waals surface area contributed by atoms with E-state index in [1.54, 1.807) is 19.1 Å². The molecule has 2 aromatic rings. The molecule has 0 radical (unpaired) electrons. The zero-order valence-corrected chi connectivity index (χ0v) is 15.8. The van der Waals surface area contributed by atoms with E-state index < -0.39 is 30.0 Å². The van der Waals surface area contributed by atoms with Gasteiger partial charge in [0.1, 0.15) is 5.75 Å². The highest BCUT2D eigenvalue weighted by atomic mass is 35.5. The zero-order valence-electron chi connectivity index (χ0n) is 15.1. The molecule has 0 aliphatic heterocycles. The molecule has 0 spiro atoms. The summed E-state index contributed by atoms with van der Waals surface area (Å²) in [5.41, 5.74) is 0.826. The number of rotatable bonds is 8. The molecule has 0 unspecified atom stereocenters. The van der Waals surface area contributed by atoms with Gasteiger partial charge in [-0.05, 0) is 24.6 Å². The van der Waals surface area contributed by atoms with Crippen LogP contribution in [-0.2, 0) is 14.3 Å². The van der Waals surface area contributed by atoms with E-state index in [1.165, 1.54) is 31.4 Å². The molecule has 0 fully saturated rings. The molecule has 148 valence electrons. The van der Waals surface area contributed by atoms with Crippen molar-refractivity contribution in [2.45, 2.75) is 6.92 Å². The Morgan fingerprint density at radius 3 is 2.57 bits per heavy atom. The predicted molar refractivity (Wildman–Crippen MR) is 101 cm³/mol. The number of esters is 1. The quantitative estimate of drug-likeness (QED) is 0.405. The fourth-order valence-corrected chi connectivity index (χ4v) is 2.32. The lowest BCUT2D eigenvalue weighted by Crippen LogP contribution is -2.24. The molecule has 2 rings (SSSR count). The van der Waals surface area contributed by atoms with E-state index in [4.69, 9.17) is 25.8 Å². The highest BCUT2D eigenvalue weighted by Crippen LogP contribution is 2.31. The Labute approximate surface area is 165 Å². The SMILES string of the molecule is COc1cc(Cl)c(C)cc1NC(=O)COC(=O)COc1ccccc1[N+](=O)[O-]. The lowest BCUT2D eigenvalue weighted by Gasteiger charge is -2.12. The first-order valence-corrected chi connectivity index (χ1v) is 8.35. The summed E-state index contributed by atoms with van der Waals surface area (Å²) in [5.74, 6) is -1.17. The largest absolute Gasteiger partial charge is 0.495 e. The fourth-order valence-electron chi connectivity index (χ4n) is 2.17. The molecule has 0 atom stereocenters. The molecule has 28 heavy (non-hydrogen) atoms. The van der Waals surface area contributed by atoms with Gasteiger partial charge >= 0.3 is 11.7 Å². The number of nitrogens with zero attached hydrogens (tertiary/aromatic N) is 1. The second kappa shape index (κ2) is 9.56. The third-order valence-electron chi connectivity index (χ3n) is 3.53. The van der Waals surface area contributed by atoms with Gasteiger partial charge in [0.2, 0.25) is 0 Å². The molecular weight excluding hydrogens is 392 g/mol. The van der Waals surface area contributed by atoms with Crippen LogP contribution in [0.4, 0.5) is 11.4 Å². The van der Waals surface area contributed by atoms with Crippen LogP contribution >= 0.6 is 11.6 Å². The molecule has 0 saturated heterocycles. The van der Waals surface area contributed by atoms with Crippen LogP contribution < -0.4 is 14.8 Å². The van der Waals surface area contributed by atoms with Gasteiger partial charge in [0.15, 0.2) is 19.0 Å². The van der Waals surface area contributed by atoms with Crippen molar-refractivity contribution in [1.82, 2.24) is 0 Å². The van der Waals surface area contributed by atoms with Crippen molar-refractivity contribution in [1.29, 1.82) is 0 Å². The molecule has 1 amide bonds. The monoisotopic (exact) mass is 408 g/mol. The summed E-state index contributed by atoms with van der Waals surface area (Å²) in [6, 6.07) is 8.78. The van der Waals surface area contributed by atoms with Gasteiger partial charge in [0, 0.05) is 17.2 Å². The average Bonchev–Trinajstić information content (AvgIpc) is 2.67. The molecule has 1 N–H and O–H groups in total. The summed E-state index contributed by atoms with van der Waals surface area (Å²) in [6.07, 6.45) is 0. The van der Waals surface area contributed by atoms with E-state index in [0.29, 0.717) is 16.5 Å². The lowest BCUT2D eigenvalue weighted by atomic mass is 10.2. The number of benzene rings is 2. The maximum absolute atomic E-state index is 12.0. The zero-order chi connectivity index (χ0) is 20.7. The number of carbonyl (C=O) groups excluding carboxylic acids is 2. The highest BCUT2D eigenvalue weighted by molar-refractivity contribution is 6.31. The van der Waals surface area contributed by atoms with Gasteiger partial charge in [-0.15, -0.1) is 0 Å². The number of para-hydroxylation sites is 2. The number of amides is 1. The average molecular weight is 409 g/mol. The topological polar surface area (TPSA) is 117 Å². The van der Waals surface area contributed by atoms with Crippen molar-refractivity contribution in [3.05, 3.63) is 57.1 Å². The Bertz CT molecular complexity index is 901. The number of methoxy groups -OCH3 is 1. The fraction of sp³-hybridized carbons (Fsp3) is 0.222. The van der Waals surface area contributed by atoms with E-state index in [0.717, 1.165) is 5.56 Å². The van der Waals surface area contributed by atoms with E-state index >= 15 is 0 Å². The van der Waals surface area contributed by atoms with Crippen LogP contribution in [0.3, 0.4) is 0 Å². The second-order valence-electron chi connectivity index (χ2n) is 5.52. The van der Waals surface area contributed by atoms with E-state index in [9.17, 15) is 19.7 Å². The second-order valence-corrected chi connectivity index (χ2v) is 5.93. The number of anilines is 1. The van der Waals surface area contributed by atoms with Gasteiger partial charge < -0.3 is 19.5 Å². The smallest absolute Gasteiger partial charge is 0.344 e. The molecule has 0 aliphatic carbocycles. The van der Waals surface area contributed by atoms with Crippen molar-refractivity contribution in [2.75, 3.05) is 25.6 Å². The summed E-state index contributed by atoms with van der Waals surface area (Å²) < 4.78 is 15.1. The molecule has 0 heterocycles. The summed E-state index contributed by atoms with van der Waals surface area (Å²) in [4.78, 5) is 34.0. The summed E-state index contributed by atoms with van der Waals surface area (Å²) >= 11 is 6.00. The van der Waals surface area contributed by atoms with Crippen molar-refractivity contribution in [2.24, 2.45) is 0 Å². The number of hydrogen-bond acceptors (Lipinski definition) is 7. The van der Waals surface area contributed by atoms with Crippen LogP contribution in [-0.4, -0.2) is 37.1 Å². The van der Waals surface area contributed by atoms with Gasteiger partial charge in [-0.3, -0.25) is 14.9 Å². The van der Waals surface area contributed by atoms with Crippen molar-refractivity contribution in [3.8, 4) is 11.5 Å². The van der Waals surface area contributed by atoms with Crippen molar-refractivity contribution < 1.29 is 28.7 Å². The van der Waals surface area contributed by atoms with Gasteiger partial charge in [0.25, 0.3) is 5.91 Å². The first kappa shape index (κ1) is 21.0. The number of ether oxygens (including phenoxy) is 3. The summed E-state index contributed by atoms with van der Waals surface area (Å²) in [5, 5.41) is 13.9. The van der Waals surface area contributed by atoms with Crippen molar-refractivity contribution >= 4 is 34.9 Å². The van der Waals surface area contributed by atoms with E-state index in [-0.39, 0.29) is 11.4 Å². The van der Waals surface area contributed by atoms with Crippen LogP contribution in [0.25, 0.3) is 0 Å². The van der Waals surface area contributed by atoms with Crippen LogP contribution in [0.1, 0.15) is 5.56 Å². The Morgan fingerprint density at radius 2 is 1.89 bits per heavy atom. The molecule has 0 bridgehead atoms. The number of carbonyl (C=O) groups is 2.